The van der Waals surface area contributed by atoms with Gasteiger partial charge in [0.25, 0.3) is 0 Å². The molecule has 4 rings (SSSR count). The Morgan fingerprint density at radius 1 is 1.03 bits per heavy atom. The molecule has 1 aromatic heterocycles. The van der Waals surface area contributed by atoms with Crippen LogP contribution in [0.4, 0.5) is 8.78 Å². The third-order valence-electron chi connectivity index (χ3n) is 5.54. The summed E-state index contributed by atoms with van der Waals surface area (Å²) in [6.07, 6.45) is 1.63. The lowest BCUT2D eigenvalue weighted by molar-refractivity contribution is 0.269. The standard InChI is InChI=1S/C21H22F2N4O3S/c22-17-7-5-16(6-8-17)14-31(29,30)26-11-9-15(10-12-26)13-20-24-25-21(28)27(20)19-4-2-1-3-18(19)23/h1-8,15H,9-14H2,(H,25,28). The highest BCUT2D eigenvalue weighted by atomic mass is 32.2. The molecule has 0 aliphatic carbocycles. The summed E-state index contributed by atoms with van der Waals surface area (Å²) < 4.78 is 55.3. The molecular formula is C21H22F2N4O3S. The molecule has 31 heavy (non-hydrogen) atoms. The number of H-pyrrole nitrogens is 1. The lowest BCUT2D eigenvalue weighted by atomic mass is 9.94. The highest BCUT2D eigenvalue weighted by molar-refractivity contribution is 7.88. The van der Waals surface area contributed by atoms with Crippen molar-refractivity contribution in [3.8, 4) is 5.69 Å². The van der Waals surface area contributed by atoms with Gasteiger partial charge in [-0.05, 0) is 48.6 Å². The number of rotatable bonds is 6. The molecule has 0 amide bonds. The number of nitrogens with one attached hydrogen (secondary N) is 1. The Labute approximate surface area is 178 Å². The zero-order valence-corrected chi connectivity index (χ0v) is 17.5. The highest BCUT2D eigenvalue weighted by Crippen LogP contribution is 2.25. The Morgan fingerprint density at radius 2 is 1.71 bits per heavy atom. The Morgan fingerprint density at radius 3 is 2.39 bits per heavy atom. The molecule has 1 aliphatic heterocycles. The minimum atomic E-state index is -3.51. The molecular weight excluding hydrogens is 426 g/mol. The maximum absolute atomic E-state index is 14.2. The number of hydrogen-bond acceptors (Lipinski definition) is 4. The van der Waals surface area contributed by atoms with Crippen LogP contribution in [0.1, 0.15) is 24.2 Å². The van der Waals surface area contributed by atoms with Gasteiger partial charge in [0.1, 0.15) is 17.5 Å². The van der Waals surface area contributed by atoms with Gasteiger partial charge in [-0.2, -0.15) is 5.10 Å². The van der Waals surface area contributed by atoms with E-state index >= 15 is 0 Å². The van der Waals surface area contributed by atoms with Crippen molar-refractivity contribution in [2.24, 2.45) is 5.92 Å². The average Bonchev–Trinajstić information content (AvgIpc) is 3.10. The second-order valence-electron chi connectivity index (χ2n) is 7.66. The van der Waals surface area contributed by atoms with E-state index in [1.54, 1.807) is 12.1 Å². The van der Waals surface area contributed by atoms with E-state index in [2.05, 4.69) is 10.2 Å². The lowest BCUT2D eigenvalue weighted by Gasteiger charge is -2.31. The van der Waals surface area contributed by atoms with Crippen molar-refractivity contribution < 1.29 is 17.2 Å². The van der Waals surface area contributed by atoms with Crippen LogP contribution in [0, 0.1) is 17.6 Å². The van der Waals surface area contributed by atoms with Crippen LogP contribution in [-0.2, 0) is 22.2 Å². The van der Waals surface area contributed by atoms with Crippen LogP contribution in [0.2, 0.25) is 0 Å². The first-order chi connectivity index (χ1) is 14.8. The fraction of sp³-hybridized carbons (Fsp3) is 0.333. The molecule has 164 valence electrons. The van der Waals surface area contributed by atoms with Gasteiger partial charge in [0.15, 0.2) is 0 Å². The Balaban J connectivity index is 1.42. The van der Waals surface area contributed by atoms with Gasteiger partial charge in [-0.3, -0.25) is 0 Å². The van der Waals surface area contributed by atoms with Crippen molar-refractivity contribution in [2.45, 2.75) is 25.0 Å². The Bertz CT molecular complexity index is 1210. The molecule has 0 spiro atoms. The van der Waals surface area contributed by atoms with Gasteiger partial charge in [0.2, 0.25) is 10.0 Å². The molecule has 1 aliphatic rings. The molecule has 1 saturated heterocycles. The van der Waals surface area contributed by atoms with Crippen LogP contribution in [0.5, 0.6) is 0 Å². The van der Waals surface area contributed by atoms with E-state index in [0.717, 1.165) is 0 Å². The van der Waals surface area contributed by atoms with Crippen LogP contribution in [0.25, 0.3) is 5.69 Å². The van der Waals surface area contributed by atoms with Crippen LogP contribution in [-0.4, -0.2) is 40.6 Å². The molecule has 0 bridgehead atoms. The lowest BCUT2D eigenvalue weighted by Crippen LogP contribution is -2.39. The predicted molar refractivity (Wildman–Crippen MR) is 111 cm³/mol. The summed E-state index contributed by atoms with van der Waals surface area (Å²) >= 11 is 0. The second-order valence-corrected chi connectivity index (χ2v) is 9.63. The fourth-order valence-corrected chi connectivity index (χ4v) is 5.44. The molecule has 1 N–H and O–H groups in total. The van der Waals surface area contributed by atoms with E-state index < -0.39 is 27.3 Å². The predicted octanol–water partition coefficient (Wildman–Crippen LogP) is 2.62. The van der Waals surface area contributed by atoms with Crippen molar-refractivity contribution in [3.63, 3.8) is 0 Å². The van der Waals surface area contributed by atoms with Crippen LogP contribution in [0.15, 0.2) is 53.3 Å². The maximum Gasteiger partial charge on any atom is 0.348 e. The van der Waals surface area contributed by atoms with Gasteiger partial charge in [-0.1, -0.05) is 24.3 Å². The van der Waals surface area contributed by atoms with Crippen LogP contribution >= 0.6 is 0 Å². The minimum absolute atomic E-state index is 0.109. The average molecular weight is 448 g/mol. The van der Waals surface area contributed by atoms with Crippen molar-refractivity contribution in [1.82, 2.24) is 19.1 Å². The highest BCUT2D eigenvalue weighted by Gasteiger charge is 2.29. The second kappa shape index (κ2) is 8.72. The van der Waals surface area contributed by atoms with Crippen LogP contribution in [0.3, 0.4) is 0 Å². The number of aromatic amines is 1. The topological polar surface area (TPSA) is 88.1 Å². The summed E-state index contributed by atoms with van der Waals surface area (Å²) in [7, 11) is -3.51. The number of aromatic nitrogens is 3. The zero-order chi connectivity index (χ0) is 22.0. The molecule has 1 fully saturated rings. The summed E-state index contributed by atoms with van der Waals surface area (Å²) in [4.78, 5) is 12.2. The van der Waals surface area contributed by atoms with Crippen LogP contribution < -0.4 is 5.69 Å². The van der Waals surface area contributed by atoms with E-state index in [9.17, 15) is 22.0 Å². The number of para-hydroxylation sites is 1. The van der Waals surface area contributed by atoms with Gasteiger partial charge < -0.3 is 0 Å². The van der Waals surface area contributed by atoms with Crippen molar-refractivity contribution >= 4 is 10.0 Å². The molecule has 0 atom stereocenters. The molecule has 7 nitrogen and oxygen atoms in total. The van der Waals surface area contributed by atoms with Gasteiger partial charge >= 0.3 is 5.69 Å². The SMILES string of the molecule is O=c1[nH]nc(CC2CCN(S(=O)(=O)Cc3ccc(F)cc3)CC2)n1-c1ccccc1F. The van der Waals surface area contributed by atoms with Crippen molar-refractivity contribution in [1.29, 1.82) is 0 Å². The molecule has 10 heteroatoms. The molecule has 0 saturated carbocycles. The number of halogens is 2. The summed E-state index contributed by atoms with van der Waals surface area (Å²) in [5.41, 5.74) is 0.156. The maximum atomic E-state index is 14.2. The fourth-order valence-electron chi connectivity index (χ4n) is 3.88. The first-order valence-corrected chi connectivity index (χ1v) is 11.6. The summed E-state index contributed by atoms with van der Waals surface area (Å²) in [6, 6.07) is 11.4. The van der Waals surface area contributed by atoms with Crippen molar-refractivity contribution in [2.75, 3.05) is 13.1 Å². The third-order valence-corrected chi connectivity index (χ3v) is 7.39. The van der Waals surface area contributed by atoms with Gasteiger partial charge in [0.05, 0.1) is 11.4 Å². The van der Waals surface area contributed by atoms with E-state index in [-0.39, 0.29) is 17.4 Å². The summed E-state index contributed by atoms with van der Waals surface area (Å²) in [5, 5.41) is 6.43. The first kappa shape index (κ1) is 21.4. The molecule has 2 heterocycles. The quantitative estimate of drug-likeness (QED) is 0.628. The Hall–Kier alpha value is -2.85. The van der Waals surface area contributed by atoms with Crippen molar-refractivity contribution in [3.05, 3.63) is 82.0 Å². The zero-order valence-electron chi connectivity index (χ0n) is 16.7. The Kier molecular flexibility index (Phi) is 6.01. The van der Waals surface area contributed by atoms with Gasteiger partial charge in [0, 0.05) is 19.5 Å². The monoisotopic (exact) mass is 448 g/mol. The molecule has 0 unspecified atom stereocenters. The minimum Gasteiger partial charge on any atom is -0.246 e. The normalized spacial score (nSPS) is 15.9. The number of nitrogens with zero attached hydrogens (tertiary/aromatic N) is 3. The van der Waals surface area contributed by atoms with Gasteiger partial charge in [-0.25, -0.2) is 36.0 Å². The summed E-state index contributed by atoms with van der Waals surface area (Å²) in [6.45, 7) is 0.699. The number of sulfonamides is 1. The summed E-state index contributed by atoms with van der Waals surface area (Å²) in [5.74, 6) is -0.576. The third kappa shape index (κ3) is 4.75. The molecule has 0 radical (unpaired) electrons. The van der Waals surface area contributed by atoms with E-state index in [1.165, 1.54) is 45.3 Å². The molecule has 2 aromatic carbocycles. The molecule has 3 aromatic rings. The number of hydrogen-bond donors (Lipinski definition) is 1. The van der Waals surface area contributed by atoms with E-state index in [1.807, 2.05) is 0 Å². The number of benzene rings is 2. The smallest absolute Gasteiger partial charge is 0.246 e. The number of piperidine rings is 1. The first-order valence-electron chi connectivity index (χ1n) is 9.97. The van der Waals surface area contributed by atoms with E-state index in [0.29, 0.717) is 43.7 Å². The van der Waals surface area contributed by atoms with Gasteiger partial charge in [-0.15, -0.1) is 0 Å². The largest absolute Gasteiger partial charge is 0.348 e. The van der Waals surface area contributed by atoms with E-state index in [4.69, 9.17) is 0 Å².